The molecule has 156 valence electrons. The van der Waals surface area contributed by atoms with Crippen LogP contribution < -0.4 is 14.9 Å². The number of carbonyl (C=O) groups is 1. The molecule has 1 aromatic heterocycles. The molecule has 1 fully saturated rings. The summed E-state index contributed by atoms with van der Waals surface area (Å²) in [6.45, 7) is 0. The lowest BCUT2D eigenvalue weighted by molar-refractivity contribution is -0.151. The lowest BCUT2D eigenvalue weighted by Crippen LogP contribution is -2.38. The van der Waals surface area contributed by atoms with Gasteiger partial charge in [0.25, 0.3) is 0 Å². The monoisotopic (exact) mass is 492 g/mol. The highest BCUT2D eigenvalue weighted by Crippen LogP contribution is 2.42. The first-order valence-electron chi connectivity index (χ1n) is 9.26. The van der Waals surface area contributed by atoms with Crippen LogP contribution in [0.1, 0.15) is 12.8 Å². The van der Waals surface area contributed by atoms with Crippen LogP contribution in [0, 0.1) is 5.92 Å². The van der Waals surface area contributed by atoms with Crippen molar-refractivity contribution in [1.29, 1.82) is 0 Å². The first kappa shape index (κ1) is 20.8. The Balaban J connectivity index is 1.70. The molecule has 8 heteroatoms. The van der Waals surface area contributed by atoms with Crippen LogP contribution in [-0.4, -0.2) is 26.3 Å². The molecular weight excluding hydrogens is 476 g/mol. The summed E-state index contributed by atoms with van der Waals surface area (Å²) in [5.74, 6) is 0.981. The zero-order chi connectivity index (χ0) is 21.4. The molecule has 1 heterocycles. The molecule has 0 spiro atoms. The van der Waals surface area contributed by atoms with E-state index in [1.807, 2.05) is 0 Å². The van der Waals surface area contributed by atoms with Gasteiger partial charge in [0, 0.05) is 16.1 Å². The SMILES string of the molecule is COC(=O)C1CC(Oc2cc(-c3cc(=O)c4cccc(Cl)c4o3)c(Br)cc2OC)C1. The largest absolute Gasteiger partial charge is 0.493 e. The van der Waals surface area contributed by atoms with Crippen molar-refractivity contribution >= 4 is 44.5 Å². The fourth-order valence-electron chi connectivity index (χ4n) is 3.45. The molecule has 0 aliphatic heterocycles. The Bertz CT molecular complexity index is 1180. The van der Waals surface area contributed by atoms with E-state index in [9.17, 15) is 9.59 Å². The van der Waals surface area contributed by atoms with Crippen LogP contribution in [0.3, 0.4) is 0 Å². The molecule has 0 atom stereocenters. The van der Waals surface area contributed by atoms with E-state index in [4.69, 9.17) is 30.2 Å². The molecule has 2 aromatic carbocycles. The van der Waals surface area contributed by atoms with Gasteiger partial charge < -0.3 is 18.6 Å². The van der Waals surface area contributed by atoms with Gasteiger partial charge in [-0.3, -0.25) is 9.59 Å². The number of hydrogen-bond donors (Lipinski definition) is 0. The first-order valence-corrected chi connectivity index (χ1v) is 10.4. The van der Waals surface area contributed by atoms with Crippen LogP contribution in [0.4, 0.5) is 0 Å². The summed E-state index contributed by atoms with van der Waals surface area (Å²) in [7, 11) is 2.92. The van der Waals surface area contributed by atoms with Crippen molar-refractivity contribution in [3.8, 4) is 22.8 Å². The maximum Gasteiger partial charge on any atom is 0.308 e. The number of carbonyl (C=O) groups excluding carboxylic acids is 1. The summed E-state index contributed by atoms with van der Waals surface area (Å²) in [6.07, 6.45) is 1.01. The number of ether oxygens (including phenoxy) is 3. The van der Waals surface area contributed by atoms with Crippen molar-refractivity contribution in [3.05, 3.63) is 56.1 Å². The second-order valence-electron chi connectivity index (χ2n) is 7.01. The van der Waals surface area contributed by atoms with Gasteiger partial charge >= 0.3 is 5.97 Å². The maximum atomic E-state index is 12.6. The summed E-state index contributed by atoms with van der Waals surface area (Å²) in [5.41, 5.74) is 0.749. The summed E-state index contributed by atoms with van der Waals surface area (Å²) in [6, 6.07) is 9.96. The molecule has 6 nitrogen and oxygen atoms in total. The topological polar surface area (TPSA) is 75.0 Å². The number of para-hydroxylation sites is 1. The molecule has 0 N–H and O–H groups in total. The summed E-state index contributed by atoms with van der Waals surface area (Å²) < 4.78 is 22.9. The Labute approximate surface area is 185 Å². The van der Waals surface area contributed by atoms with E-state index in [2.05, 4.69) is 15.9 Å². The van der Waals surface area contributed by atoms with Crippen LogP contribution in [0.15, 0.2) is 50.1 Å². The Morgan fingerprint density at radius 2 is 1.93 bits per heavy atom. The molecule has 30 heavy (non-hydrogen) atoms. The third-order valence-electron chi connectivity index (χ3n) is 5.15. The van der Waals surface area contributed by atoms with Gasteiger partial charge in [-0.25, -0.2) is 0 Å². The summed E-state index contributed by atoms with van der Waals surface area (Å²) >= 11 is 9.74. The zero-order valence-electron chi connectivity index (χ0n) is 16.2. The number of benzene rings is 2. The van der Waals surface area contributed by atoms with Gasteiger partial charge in [0.2, 0.25) is 0 Å². The van der Waals surface area contributed by atoms with Gasteiger partial charge in [-0.15, -0.1) is 0 Å². The van der Waals surface area contributed by atoms with Gasteiger partial charge in [-0.2, -0.15) is 0 Å². The second-order valence-corrected chi connectivity index (χ2v) is 8.27. The average Bonchev–Trinajstić information content (AvgIpc) is 2.71. The first-order chi connectivity index (χ1) is 14.4. The minimum Gasteiger partial charge on any atom is -0.493 e. The van der Waals surface area contributed by atoms with Gasteiger partial charge in [-0.05, 0) is 53.0 Å². The fourth-order valence-corrected chi connectivity index (χ4v) is 4.18. The van der Waals surface area contributed by atoms with Crippen molar-refractivity contribution in [3.63, 3.8) is 0 Å². The third kappa shape index (κ3) is 3.79. The average molecular weight is 494 g/mol. The fraction of sp³-hybridized carbons (Fsp3) is 0.273. The van der Waals surface area contributed by atoms with E-state index in [-0.39, 0.29) is 23.4 Å². The molecule has 0 radical (unpaired) electrons. The van der Waals surface area contributed by atoms with Crippen molar-refractivity contribution in [1.82, 2.24) is 0 Å². The summed E-state index contributed by atoms with van der Waals surface area (Å²) in [5, 5.41) is 0.770. The Kier molecular flexibility index (Phi) is 5.75. The molecule has 1 saturated carbocycles. The number of hydrogen-bond acceptors (Lipinski definition) is 6. The highest BCUT2D eigenvalue weighted by molar-refractivity contribution is 9.10. The quantitative estimate of drug-likeness (QED) is 0.454. The van der Waals surface area contributed by atoms with Gasteiger partial charge in [-0.1, -0.05) is 17.7 Å². The summed E-state index contributed by atoms with van der Waals surface area (Å²) in [4.78, 5) is 24.2. The normalized spacial score (nSPS) is 18.0. The highest BCUT2D eigenvalue weighted by atomic mass is 79.9. The van der Waals surface area contributed by atoms with Gasteiger partial charge in [0.1, 0.15) is 11.9 Å². The Hall–Kier alpha value is -2.51. The third-order valence-corrected chi connectivity index (χ3v) is 6.10. The minimum absolute atomic E-state index is 0.130. The van der Waals surface area contributed by atoms with Crippen molar-refractivity contribution in [2.24, 2.45) is 5.92 Å². The lowest BCUT2D eigenvalue weighted by atomic mass is 9.82. The Morgan fingerprint density at radius 3 is 2.63 bits per heavy atom. The zero-order valence-corrected chi connectivity index (χ0v) is 18.6. The number of rotatable bonds is 5. The number of methoxy groups -OCH3 is 2. The second kappa shape index (κ2) is 8.32. The maximum absolute atomic E-state index is 12.6. The number of esters is 1. The van der Waals surface area contributed by atoms with Crippen LogP contribution >= 0.6 is 27.5 Å². The van der Waals surface area contributed by atoms with Crippen LogP contribution in [0.2, 0.25) is 5.02 Å². The van der Waals surface area contributed by atoms with Crippen LogP contribution in [0.25, 0.3) is 22.3 Å². The predicted octanol–water partition coefficient (Wildman–Crippen LogP) is 5.21. The molecular formula is C22H18BrClO6. The standard InChI is InChI=1S/C22H18BrClO6/c1-27-19-9-15(23)14(8-20(19)29-12-6-11(7-12)22(26)28-2)18-10-17(25)13-4-3-5-16(24)21(13)30-18/h3-5,8-12H,6-7H2,1-2H3. The molecule has 1 aliphatic carbocycles. The van der Waals surface area contributed by atoms with E-state index in [1.165, 1.54) is 13.2 Å². The lowest BCUT2D eigenvalue weighted by Gasteiger charge is -2.33. The number of fused-ring (bicyclic) bond motifs is 1. The minimum atomic E-state index is -0.229. The molecule has 3 aromatic rings. The Morgan fingerprint density at radius 1 is 1.17 bits per heavy atom. The van der Waals surface area contributed by atoms with E-state index >= 15 is 0 Å². The van der Waals surface area contributed by atoms with E-state index in [0.717, 1.165) is 0 Å². The van der Waals surface area contributed by atoms with Gasteiger partial charge in [0.15, 0.2) is 22.5 Å². The molecule has 4 rings (SSSR count). The van der Waals surface area contributed by atoms with Crippen molar-refractivity contribution < 1.29 is 23.4 Å². The predicted molar refractivity (Wildman–Crippen MR) is 116 cm³/mol. The molecule has 0 saturated heterocycles. The van der Waals surface area contributed by atoms with E-state index in [1.54, 1.807) is 37.4 Å². The van der Waals surface area contributed by atoms with E-state index in [0.29, 0.717) is 56.1 Å². The smallest absolute Gasteiger partial charge is 0.308 e. The number of halogens is 2. The van der Waals surface area contributed by atoms with Gasteiger partial charge in [0.05, 0.1) is 30.5 Å². The van der Waals surface area contributed by atoms with E-state index < -0.39 is 0 Å². The molecule has 0 bridgehead atoms. The van der Waals surface area contributed by atoms with Crippen LogP contribution in [0.5, 0.6) is 11.5 Å². The molecule has 0 amide bonds. The van der Waals surface area contributed by atoms with Crippen molar-refractivity contribution in [2.45, 2.75) is 18.9 Å². The molecule has 0 unspecified atom stereocenters. The molecule has 1 aliphatic rings. The van der Waals surface area contributed by atoms with Crippen LogP contribution in [-0.2, 0) is 9.53 Å². The van der Waals surface area contributed by atoms with Crippen molar-refractivity contribution in [2.75, 3.05) is 14.2 Å². The highest BCUT2D eigenvalue weighted by Gasteiger charge is 2.37.